The first-order valence-corrected chi connectivity index (χ1v) is 9.56. The zero-order valence-corrected chi connectivity index (χ0v) is 17.4. The Bertz CT molecular complexity index is 928. The molecule has 0 radical (unpaired) electrons. The van der Waals surface area contributed by atoms with Gasteiger partial charge in [0.25, 0.3) is 0 Å². The Morgan fingerprint density at radius 2 is 1.70 bits per heavy atom. The number of hydrogen-bond donors (Lipinski definition) is 1. The maximum absolute atomic E-state index is 13.0. The van der Waals surface area contributed by atoms with Crippen molar-refractivity contribution < 1.29 is 28.9 Å². The summed E-state index contributed by atoms with van der Waals surface area (Å²) in [5.74, 6) is 0.533. The van der Waals surface area contributed by atoms with E-state index in [4.69, 9.17) is 14.2 Å². The summed E-state index contributed by atoms with van der Waals surface area (Å²) in [5.41, 5.74) is 2.78. The average Bonchev–Trinajstić information content (AvgIpc) is 2.77. The first kappa shape index (κ1) is 21.3. The van der Waals surface area contributed by atoms with Crippen LogP contribution in [0.4, 0.5) is 4.79 Å². The maximum Gasteiger partial charge on any atom is 0.318 e. The molecule has 2 amide bonds. The van der Waals surface area contributed by atoms with Crippen molar-refractivity contribution >= 4 is 12.0 Å². The third-order valence-electron chi connectivity index (χ3n) is 5.26. The molecule has 0 fully saturated rings. The van der Waals surface area contributed by atoms with Crippen LogP contribution in [0, 0.1) is 0 Å². The molecule has 0 aromatic heterocycles. The number of rotatable bonds is 6. The summed E-state index contributed by atoms with van der Waals surface area (Å²) in [7, 11) is 4.72. The Balaban J connectivity index is 2.07. The van der Waals surface area contributed by atoms with Gasteiger partial charge in [-0.1, -0.05) is 12.1 Å². The van der Waals surface area contributed by atoms with E-state index in [-0.39, 0.29) is 0 Å². The van der Waals surface area contributed by atoms with Crippen LogP contribution in [0.25, 0.3) is 0 Å². The number of urea groups is 1. The average molecular weight is 413 g/mol. The molecule has 0 unspecified atom stereocenters. The molecular formula is C22H25N2O6-. The number of carbonyl (C=O) groups is 2. The molecule has 0 saturated heterocycles. The first-order valence-electron chi connectivity index (χ1n) is 9.56. The summed E-state index contributed by atoms with van der Waals surface area (Å²) in [4.78, 5) is 25.7. The highest BCUT2D eigenvalue weighted by Gasteiger charge is 2.34. The molecule has 8 nitrogen and oxygen atoms in total. The highest BCUT2D eigenvalue weighted by molar-refractivity contribution is 5.82. The van der Waals surface area contributed by atoms with E-state index in [1.807, 2.05) is 36.4 Å². The molecule has 0 saturated carbocycles. The minimum atomic E-state index is -1.34. The predicted octanol–water partition coefficient (Wildman–Crippen LogP) is 1.51. The molecule has 1 aliphatic heterocycles. The van der Waals surface area contributed by atoms with Gasteiger partial charge in [-0.15, -0.1) is 0 Å². The third kappa shape index (κ3) is 4.12. The number of benzene rings is 2. The van der Waals surface area contributed by atoms with Crippen molar-refractivity contribution in [1.29, 1.82) is 0 Å². The Labute approximate surface area is 175 Å². The van der Waals surface area contributed by atoms with Crippen molar-refractivity contribution in [2.75, 3.05) is 27.9 Å². The summed E-state index contributed by atoms with van der Waals surface area (Å²) in [6, 6.07) is 9.18. The van der Waals surface area contributed by atoms with E-state index in [2.05, 4.69) is 5.32 Å². The van der Waals surface area contributed by atoms with Gasteiger partial charge in [-0.2, -0.15) is 0 Å². The Morgan fingerprint density at radius 1 is 1.07 bits per heavy atom. The van der Waals surface area contributed by atoms with Crippen molar-refractivity contribution in [3.63, 3.8) is 0 Å². The summed E-state index contributed by atoms with van der Waals surface area (Å²) in [5, 5.41) is 13.6. The normalized spacial score (nSPS) is 16.3. The van der Waals surface area contributed by atoms with E-state index in [1.54, 1.807) is 26.2 Å². The number of hydrogen-bond acceptors (Lipinski definition) is 6. The smallest absolute Gasteiger partial charge is 0.318 e. The number of amides is 2. The number of fused-ring (bicyclic) bond motifs is 1. The molecule has 1 aliphatic rings. The molecular weight excluding hydrogens is 388 g/mol. The number of methoxy groups -OCH3 is 3. The molecule has 2 aromatic rings. The van der Waals surface area contributed by atoms with Crippen LogP contribution in [0.5, 0.6) is 17.2 Å². The molecule has 30 heavy (non-hydrogen) atoms. The van der Waals surface area contributed by atoms with Crippen LogP contribution in [-0.4, -0.2) is 50.8 Å². The number of ether oxygens (including phenoxy) is 3. The largest absolute Gasteiger partial charge is 0.548 e. The Kier molecular flexibility index (Phi) is 6.34. The SMILES string of the molecule is COc1ccc([C@@H]2c3cc(OC)c(OC)cc3CCN2C(=O)N[C@@H](C)C(=O)[O-])cc1. The van der Waals surface area contributed by atoms with Gasteiger partial charge in [0, 0.05) is 6.54 Å². The van der Waals surface area contributed by atoms with E-state index < -0.39 is 24.1 Å². The lowest BCUT2D eigenvalue weighted by Gasteiger charge is -2.38. The number of carbonyl (C=O) groups excluding carboxylic acids is 2. The van der Waals surface area contributed by atoms with Gasteiger partial charge in [-0.05, 0) is 54.3 Å². The van der Waals surface area contributed by atoms with E-state index >= 15 is 0 Å². The standard InChI is InChI=1S/C22H26N2O6/c1-13(21(25)26)23-22(27)24-10-9-15-11-18(29-3)19(30-4)12-17(15)20(24)14-5-7-16(28-2)8-6-14/h5-8,11-13,20H,9-10H2,1-4H3,(H,23,27)(H,25,26)/p-1/t13-,20+/m0/s1. The number of carboxylic acids is 1. The Morgan fingerprint density at radius 3 is 2.27 bits per heavy atom. The second-order valence-corrected chi connectivity index (χ2v) is 7.02. The summed E-state index contributed by atoms with van der Waals surface area (Å²) >= 11 is 0. The lowest BCUT2D eigenvalue weighted by molar-refractivity contribution is -0.307. The maximum atomic E-state index is 13.0. The number of aliphatic carboxylic acids is 1. The van der Waals surface area contributed by atoms with Gasteiger partial charge in [0.05, 0.1) is 39.4 Å². The molecule has 0 aliphatic carbocycles. The lowest BCUT2D eigenvalue weighted by atomic mass is 9.87. The fourth-order valence-corrected chi connectivity index (χ4v) is 3.64. The zero-order valence-electron chi connectivity index (χ0n) is 17.4. The monoisotopic (exact) mass is 413 g/mol. The van der Waals surface area contributed by atoms with Gasteiger partial charge < -0.3 is 34.3 Å². The van der Waals surface area contributed by atoms with E-state index in [1.165, 1.54) is 6.92 Å². The van der Waals surface area contributed by atoms with Crippen LogP contribution in [0.2, 0.25) is 0 Å². The first-order chi connectivity index (χ1) is 14.4. The third-order valence-corrected chi connectivity index (χ3v) is 5.26. The van der Waals surface area contributed by atoms with Gasteiger partial charge >= 0.3 is 6.03 Å². The van der Waals surface area contributed by atoms with E-state index in [0.29, 0.717) is 30.2 Å². The zero-order chi connectivity index (χ0) is 21.8. The quantitative estimate of drug-likeness (QED) is 0.771. The molecule has 1 N–H and O–H groups in total. The fraction of sp³-hybridized carbons (Fsp3) is 0.364. The summed E-state index contributed by atoms with van der Waals surface area (Å²) < 4.78 is 16.1. The molecule has 8 heteroatoms. The van der Waals surface area contributed by atoms with Crippen LogP contribution in [0.3, 0.4) is 0 Å². The molecule has 2 atom stereocenters. The van der Waals surface area contributed by atoms with Gasteiger partial charge in [0.15, 0.2) is 11.5 Å². The van der Waals surface area contributed by atoms with Gasteiger partial charge in [-0.3, -0.25) is 0 Å². The lowest BCUT2D eigenvalue weighted by Crippen LogP contribution is -2.52. The topological polar surface area (TPSA) is 100 Å². The second kappa shape index (κ2) is 8.94. The predicted molar refractivity (Wildman–Crippen MR) is 108 cm³/mol. The van der Waals surface area contributed by atoms with Gasteiger partial charge in [0.1, 0.15) is 5.75 Å². The van der Waals surface area contributed by atoms with Crippen molar-refractivity contribution in [2.24, 2.45) is 0 Å². The second-order valence-electron chi connectivity index (χ2n) is 7.02. The van der Waals surface area contributed by atoms with Crippen LogP contribution in [0.1, 0.15) is 29.7 Å². The summed E-state index contributed by atoms with van der Waals surface area (Å²) in [6.45, 7) is 1.78. The van der Waals surface area contributed by atoms with Crippen molar-refractivity contribution in [2.45, 2.75) is 25.4 Å². The molecule has 0 bridgehead atoms. The van der Waals surface area contributed by atoms with E-state index in [9.17, 15) is 14.7 Å². The highest BCUT2D eigenvalue weighted by atomic mass is 16.5. The van der Waals surface area contributed by atoms with Crippen LogP contribution >= 0.6 is 0 Å². The minimum Gasteiger partial charge on any atom is -0.548 e. The number of nitrogens with one attached hydrogen (secondary N) is 1. The molecule has 2 aromatic carbocycles. The number of nitrogens with zero attached hydrogens (tertiary/aromatic N) is 1. The fourth-order valence-electron chi connectivity index (χ4n) is 3.64. The van der Waals surface area contributed by atoms with Gasteiger partial charge in [-0.25, -0.2) is 4.79 Å². The summed E-state index contributed by atoms with van der Waals surface area (Å²) in [6.07, 6.45) is 0.593. The molecule has 1 heterocycles. The highest BCUT2D eigenvalue weighted by Crippen LogP contribution is 2.41. The molecule has 0 spiro atoms. The van der Waals surface area contributed by atoms with E-state index in [0.717, 1.165) is 16.7 Å². The van der Waals surface area contributed by atoms with Crippen molar-refractivity contribution in [1.82, 2.24) is 10.2 Å². The van der Waals surface area contributed by atoms with Crippen LogP contribution < -0.4 is 24.6 Å². The van der Waals surface area contributed by atoms with Crippen molar-refractivity contribution in [3.8, 4) is 17.2 Å². The van der Waals surface area contributed by atoms with Crippen LogP contribution in [0.15, 0.2) is 36.4 Å². The Hall–Kier alpha value is -3.42. The number of carboxylic acid groups (broad SMARTS) is 1. The minimum absolute atomic E-state index is 0.408. The van der Waals surface area contributed by atoms with Crippen molar-refractivity contribution in [3.05, 3.63) is 53.1 Å². The molecule has 160 valence electrons. The van der Waals surface area contributed by atoms with Gasteiger partial charge in [0.2, 0.25) is 0 Å². The molecule has 3 rings (SSSR count). The van der Waals surface area contributed by atoms with Crippen LogP contribution in [-0.2, 0) is 11.2 Å².